The Bertz CT molecular complexity index is 926. The summed E-state index contributed by atoms with van der Waals surface area (Å²) in [6.07, 6.45) is -0.940. The van der Waals surface area contributed by atoms with Crippen LogP contribution in [0.4, 0.5) is 11.4 Å². The lowest BCUT2D eigenvalue weighted by Gasteiger charge is -2.16. The molecule has 0 fully saturated rings. The van der Waals surface area contributed by atoms with E-state index in [9.17, 15) is 14.9 Å². The first-order valence-electron chi connectivity index (χ1n) is 7.77. The molecule has 148 valence electrons. The Hall–Kier alpha value is -2.62. The van der Waals surface area contributed by atoms with Gasteiger partial charge >= 0.3 is 0 Å². The van der Waals surface area contributed by atoms with E-state index in [2.05, 4.69) is 10.6 Å². The van der Waals surface area contributed by atoms with Gasteiger partial charge in [-0.3, -0.25) is 20.2 Å². The van der Waals surface area contributed by atoms with Crippen LogP contribution >= 0.6 is 35.4 Å². The molecule has 0 saturated heterocycles. The van der Waals surface area contributed by atoms with Gasteiger partial charge in [-0.15, -0.1) is 0 Å². The van der Waals surface area contributed by atoms with Gasteiger partial charge in [0, 0.05) is 5.02 Å². The van der Waals surface area contributed by atoms with E-state index in [1.54, 1.807) is 6.07 Å². The number of carbonyl (C=O) groups is 1. The molecule has 0 aromatic heterocycles. The van der Waals surface area contributed by atoms with Crippen LogP contribution in [0.5, 0.6) is 11.5 Å². The van der Waals surface area contributed by atoms with Crippen molar-refractivity contribution in [3.8, 4) is 11.5 Å². The standard InChI is InChI=1S/C17H15Cl2N3O5S/c1-9(27-15-6-3-10(18)7-12(15)19)16(23)21-17(28)20-13-5-4-11(26-2)8-14(13)22(24)25/h3-9H,1-2H3,(H2,20,21,23,28). The summed E-state index contributed by atoms with van der Waals surface area (Å²) in [5.74, 6) is 0.0205. The number of benzene rings is 2. The zero-order chi connectivity index (χ0) is 20.8. The number of amides is 1. The fraction of sp³-hybridized carbons (Fsp3) is 0.176. The minimum atomic E-state index is -0.940. The molecule has 0 heterocycles. The molecule has 0 radical (unpaired) electrons. The average Bonchev–Trinajstić information content (AvgIpc) is 2.63. The van der Waals surface area contributed by atoms with E-state index in [0.717, 1.165) is 0 Å². The third-order valence-corrected chi connectivity index (χ3v) is 4.19. The number of anilines is 1. The minimum Gasteiger partial charge on any atom is -0.496 e. The fourth-order valence-corrected chi connectivity index (χ4v) is 2.74. The average molecular weight is 444 g/mol. The molecule has 0 aliphatic rings. The number of nitro benzene ring substituents is 1. The van der Waals surface area contributed by atoms with Gasteiger partial charge in [0.05, 0.1) is 23.1 Å². The molecular formula is C17H15Cl2N3O5S. The number of halogens is 2. The Morgan fingerprint density at radius 2 is 1.96 bits per heavy atom. The van der Waals surface area contributed by atoms with Crippen LogP contribution in [0.1, 0.15) is 6.92 Å². The monoisotopic (exact) mass is 443 g/mol. The van der Waals surface area contributed by atoms with Crippen LogP contribution in [0, 0.1) is 10.1 Å². The molecule has 0 bridgehead atoms. The summed E-state index contributed by atoms with van der Waals surface area (Å²) in [5, 5.41) is 16.8. The number of hydrogen-bond acceptors (Lipinski definition) is 6. The number of ether oxygens (including phenoxy) is 2. The van der Waals surface area contributed by atoms with Crippen molar-refractivity contribution in [1.29, 1.82) is 0 Å². The summed E-state index contributed by atoms with van der Waals surface area (Å²) in [6, 6.07) is 8.77. The minimum absolute atomic E-state index is 0.102. The zero-order valence-electron chi connectivity index (χ0n) is 14.7. The lowest BCUT2D eigenvalue weighted by molar-refractivity contribution is -0.384. The van der Waals surface area contributed by atoms with Crippen LogP contribution in [0.3, 0.4) is 0 Å². The highest BCUT2D eigenvalue weighted by Crippen LogP contribution is 2.29. The molecule has 8 nitrogen and oxygen atoms in total. The molecule has 2 aromatic carbocycles. The number of carbonyl (C=O) groups excluding carboxylic acids is 1. The largest absolute Gasteiger partial charge is 0.496 e. The first kappa shape index (κ1) is 21.7. The van der Waals surface area contributed by atoms with E-state index < -0.39 is 16.9 Å². The molecule has 1 amide bonds. The van der Waals surface area contributed by atoms with E-state index in [1.165, 1.54) is 44.4 Å². The highest BCUT2D eigenvalue weighted by atomic mass is 35.5. The van der Waals surface area contributed by atoms with E-state index >= 15 is 0 Å². The zero-order valence-corrected chi connectivity index (χ0v) is 17.0. The highest BCUT2D eigenvalue weighted by Gasteiger charge is 2.20. The molecule has 11 heteroatoms. The predicted molar refractivity (Wildman–Crippen MR) is 111 cm³/mol. The molecule has 0 saturated carbocycles. The van der Waals surface area contributed by atoms with Gasteiger partial charge in [-0.25, -0.2) is 0 Å². The summed E-state index contributed by atoms with van der Waals surface area (Å²) in [7, 11) is 1.39. The molecule has 0 aliphatic heterocycles. The third-order valence-electron chi connectivity index (χ3n) is 3.45. The second-order valence-corrected chi connectivity index (χ2v) is 6.67. The number of hydrogen-bond donors (Lipinski definition) is 2. The van der Waals surface area contributed by atoms with E-state index in [-0.39, 0.29) is 27.3 Å². The van der Waals surface area contributed by atoms with Crippen molar-refractivity contribution in [1.82, 2.24) is 5.32 Å². The van der Waals surface area contributed by atoms with Crippen molar-refractivity contribution in [3.05, 3.63) is 56.6 Å². The van der Waals surface area contributed by atoms with Gasteiger partial charge in [-0.2, -0.15) is 0 Å². The Morgan fingerprint density at radius 1 is 1.25 bits per heavy atom. The molecular weight excluding hydrogens is 429 g/mol. The SMILES string of the molecule is COc1ccc(NC(=S)NC(=O)C(C)Oc2ccc(Cl)cc2Cl)c([N+](=O)[O-])c1. The highest BCUT2D eigenvalue weighted by molar-refractivity contribution is 7.80. The molecule has 2 N–H and O–H groups in total. The van der Waals surface area contributed by atoms with Crippen LogP contribution in [0.2, 0.25) is 10.0 Å². The maximum atomic E-state index is 12.3. The van der Waals surface area contributed by atoms with E-state index in [0.29, 0.717) is 10.8 Å². The van der Waals surface area contributed by atoms with Crippen LogP contribution in [-0.4, -0.2) is 29.2 Å². The molecule has 0 aliphatic carbocycles. The molecule has 0 spiro atoms. The number of methoxy groups -OCH3 is 1. The molecule has 2 rings (SSSR count). The van der Waals surface area contributed by atoms with Crippen molar-refractivity contribution < 1.29 is 19.2 Å². The second-order valence-electron chi connectivity index (χ2n) is 5.42. The summed E-state index contributed by atoms with van der Waals surface area (Å²) in [4.78, 5) is 22.9. The van der Waals surface area contributed by atoms with Gasteiger partial charge < -0.3 is 14.8 Å². The quantitative estimate of drug-likeness (QED) is 0.391. The summed E-state index contributed by atoms with van der Waals surface area (Å²) in [6.45, 7) is 1.50. The maximum Gasteiger partial charge on any atom is 0.296 e. The Morgan fingerprint density at radius 3 is 2.57 bits per heavy atom. The molecule has 1 unspecified atom stereocenters. The van der Waals surface area contributed by atoms with E-state index in [1.807, 2.05) is 0 Å². The summed E-state index contributed by atoms with van der Waals surface area (Å²) in [5.41, 5.74) is -0.154. The van der Waals surface area contributed by atoms with Gasteiger partial charge in [0.2, 0.25) is 0 Å². The first-order chi connectivity index (χ1) is 13.2. The smallest absolute Gasteiger partial charge is 0.296 e. The number of nitro groups is 1. The summed E-state index contributed by atoms with van der Waals surface area (Å²) < 4.78 is 10.5. The van der Waals surface area contributed by atoms with Crippen LogP contribution < -0.4 is 20.1 Å². The Balaban J connectivity index is 2.02. The number of rotatable bonds is 6. The van der Waals surface area contributed by atoms with Gasteiger partial charge in [0.25, 0.3) is 11.6 Å². The number of nitrogens with zero attached hydrogens (tertiary/aromatic N) is 1. The lowest BCUT2D eigenvalue weighted by atomic mass is 10.2. The van der Waals surface area contributed by atoms with Crippen LogP contribution in [-0.2, 0) is 4.79 Å². The predicted octanol–water partition coefficient (Wildman–Crippen LogP) is 4.19. The van der Waals surface area contributed by atoms with Gasteiger partial charge in [-0.05, 0) is 49.5 Å². The van der Waals surface area contributed by atoms with Crippen molar-refractivity contribution in [2.45, 2.75) is 13.0 Å². The van der Waals surface area contributed by atoms with Gasteiger partial charge in [-0.1, -0.05) is 23.2 Å². The number of nitrogens with one attached hydrogen (secondary N) is 2. The van der Waals surface area contributed by atoms with E-state index in [4.69, 9.17) is 44.9 Å². The van der Waals surface area contributed by atoms with Crippen molar-refractivity contribution >= 4 is 57.8 Å². The third kappa shape index (κ3) is 5.69. The number of thiocarbonyl (C=S) groups is 1. The van der Waals surface area contributed by atoms with Crippen molar-refractivity contribution in [3.63, 3.8) is 0 Å². The Labute approximate surface area is 175 Å². The first-order valence-corrected chi connectivity index (χ1v) is 8.93. The topological polar surface area (TPSA) is 103 Å². The Kier molecular flexibility index (Phi) is 7.38. The molecule has 2 aromatic rings. The second kappa shape index (κ2) is 9.54. The van der Waals surface area contributed by atoms with Gasteiger partial charge in [0.15, 0.2) is 11.2 Å². The summed E-state index contributed by atoms with van der Waals surface area (Å²) >= 11 is 16.9. The molecule has 28 heavy (non-hydrogen) atoms. The fourth-order valence-electron chi connectivity index (χ4n) is 2.08. The molecule has 1 atom stereocenters. The van der Waals surface area contributed by atoms with Crippen molar-refractivity contribution in [2.24, 2.45) is 0 Å². The van der Waals surface area contributed by atoms with Gasteiger partial charge in [0.1, 0.15) is 17.2 Å². The van der Waals surface area contributed by atoms with Crippen molar-refractivity contribution in [2.75, 3.05) is 12.4 Å². The maximum absolute atomic E-state index is 12.3. The van der Waals surface area contributed by atoms with Crippen LogP contribution in [0.25, 0.3) is 0 Å². The van der Waals surface area contributed by atoms with Crippen LogP contribution in [0.15, 0.2) is 36.4 Å². The normalized spacial score (nSPS) is 11.3. The lowest BCUT2D eigenvalue weighted by Crippen LogP contribution is -2.42.